The second-order valence-corrected chi connectivity index (χ2v) is 6.54. The van der Waals surface area contributed by atoms with Crippen LogP contribution in [0.15, 0.2) is 40.9 Å². The summed E-state index contributed by atoms with van der Waals surface area (Å²) in [6, 6.07) is 8.68. The molecule has 144 valence electrons. The topological polar surface area (TPSA) is 48.9 Å². The van der Waals surface area contributed by atoms with Crippen LogP contribution < -0.4 is 15.5 Å². The molecule has 0 bridgehead atoms. The minimum atomic E-state index is 0.753. The molecule has 5 nitrogen and oxygen atoms in total. The van der Waals surface area contributed by atoms with Gasteiger partial charge in [-0.15, -0.1) is 0 Å². The van der Waals surface area contributed by atoms with Crippen molar-refractivity contribution < 1.29 is 4.74 Å². The van der Waals surface area contributed by atoms with E-state index in [9.17, 15) is 0 Å². The molecule has 0 fully saturated rings. The fourth-order valence-corrected chi connectivity index (χ4v) is 3.05. The van der Waals surface area contributed by atoms with Gasteiger partial charge in [0.15, 0.2) is 5.96 Å². The Balaban J connectivity index is 1.80. The van der Waals surface area contributed by atoms with Crippen LogP contribution in [0, 0.1) is 6.92 Å². The van der Waals surface area contributed by atoms with Crippen molar-refractivity contribution in [3.63, 3.8) is 0 Å². The maximum absolute atomic E-state index is 5.35. The fraction of sp³-hybridized carbons (Fsp3) is 0.571. The van der Waals surface area contributed by atoms with Crippen molar-refractivity contribution in [3.05, 3.63) is 41.5 Å². The molecule has 1 aliphatic rings. The first-order valence-electron chi connectivity index (χ1n) is 9.82. The summed E-state index contributed by atoms with van der Waals surface area (Å²) < 4.78 is 5.35. The first-order valence-corrected chi connectivity index (χ1v) is 9.82. The van der Waals surface area contributed by atoms with E-state index in [-0.39, 0.29) is 0 Å². The van der Waals surface area contributed by atoms with Gasteiger partial charge in [0.2, 0.25) is 0 Å². The van der Waals surface area contributed by atoms with Crippen molar-refractivity contribution in [2.24, 2.45) is 4.99 Å². The highest BCUT2D eigenvalue weighted by Gasteiger charge is 2.06. The van der Waals surface area contributed by atoms with E-state index in [0.717, 1.165) is 64.7 Å². The van der Waals surface area contributed by atoms with Crippen LogP contribution in [0.2, 0.25) is 0 Å². The van der Waals surface area contributed by atoms with Crippen LogP contribution >= 0.6 is 0 Å². The standard InChI is InChI=1S/C21H34N4O/c1-4-22-21(23-12-9-19-10-15-26-16-11-19)24-13-14-25(5-2)20-8-6-7-18(3)17-20/h6-8,10,17H,4-5,9,11-16H2,1-3H3,(H2,22,23,24). The molecule has 1 aromatic carbocycles. The number of anilines is 1. The number of rotatable bonds is 9. The Bertz CT molecular complexity index is 597. The molecule has 0 aliphatic carbocycles. The van der Waals surface area contributed by atoms with Gasteiger partial charge in [-0.25, -0.2) is 0 Å². The SMILES string of the molecule is CCNC(=NCCC1=CCOCC1)NCCN(CC)c1cccc(C)c1. The normalized spacial score (nSPS) is 14.7. The Morgan fingerprint density at radius 2 is 2.15 bits per heavy atom. The summed E-state index contributed by atoms with van der Waals surface area (Å²) in [6.45, 7) is 12.5. The molecule has 1 aromatic rings. The molecule has 0 spiro atoms. The monoisotopic (exact) mass is 358 g/mol. The molecule has 0 saturated heterocycles. The van der Waals surface area contributed by atoms with E-state index in [4.69, 9.17) is 9.73 Å². The lowest BCUT2D eigenvalue weighted by atomic mass is 10.1. The minimum Gasteiger partial charge on any atom is -0.377 e. The molecule has 0 unspecified atom stereocenters. The number of hydrogen-bond acceptors (Lipinski definition) is 3. The van der Waals surface area contributed by atoms with E-state index in [1.165, 1.54) is 16.8 Å². The Labute approximate surface area is 158 Å². The molecule has 0 aromatic heterocycles. The molecular weight excluding hydrogens is 324 g/mol. The molecule has 26 heavy (non-hydrogen) atoms. The van der Waals surface area contributed by atoms with E-state index in [0.29, 0.717) is 0 Å². The summed E-state index contributed by atoms with van der Waals surface area (Å²) in [4.78, 5) is 7.10. The maximum atomic E-state index is 5.35. The number of nitrogens with one attached hydrogen (secondary N) is 2. The van der Waals surface area contributed by atoms with Gasteiger partial charge in [-0.1, -0.05) is 23.8 Å². The number of nitrogens with zero attached hydrogens (tertiary/aromatic N) is 2. The van der Waals surface area contributed by atoms with Crippen molar-refractivity contribution in [2.45, 2.75) is 33.6 Å². The molecule has 5 heteroatoms. The van der Waals surface area contributed by atoms with Crippen LogP contribution in [-0.4, -0.2) is 51.9 Å². The number of hydrogen-bond donors (Lipinski definition) is 2. The zero-order chi connectivity index (χ0) is 18.6. The zero-order valence-corrected chi connectivity index (χ0v) is 16.6. The molecule has 0 radical (unpaired) electrons. The summed E-state index contributed by atoms with van der Waals surface area (Å²) in [7, 11) is 0. The highest BCUT2D eigenvalue weighted by molar-refractivity contribution is 5.79. The van der Waals surface area contributed by atoms with Crippen LogP contribution in [-0.2, 0) is 4.74 Å². The number of aryl methyl sites for hydroxylation is 1. The van der Waals surface area contributed by atoms with Gasteiger partial charge in [0, 0.05) is 38.4 Å². The third kappa shape index (κ3) is 7.08. The first-order chi connectivity index (χ1) is 12.7. The predicted molar refractivity (Wildman–Crippen MR) is 111 cm³/mol. The van der Waals surface area contributed by atoms with Gasteiger partial charge in [0.25, 0.3) is 0 Å². The van der Waals surface area contributed by atoms with Crippen LogP contribution in [0.25, 0.3) is 0 Å². The Kier molecular flexibility index (Phi) is 9.04. The van der Waals surface area contributed by atoms with Gasteiger partial charge in [0.05, 0.1) is 13.2 Å². The number of likely N-dealkylation sites (N-methyl/N-ethyl adjacent to an activating group) is 1. The molecule has 2 rings (SSSR count). The van der Waals surface area contributed by atoms with Crippen LogP contribution in [0.1, 0.15) is 32.3 Å². The van der Waals surface area contributed by atoms with E-state index >= 15 is 0 Å². The smallest absolute Gasteiger partial charge is 0.191 e. The predicted octanol–water partition coefficient (Wildman–Crippen LogP) is 3.11. The summed E-state index contributed by atoms with van der Waals surface area (Å²) in [5, 5.41) is 6.80. The maximum Gasteiger partial charge on any atom is 0.191 e. The highest BCUT2D eigenvalue weighted by atomic mass is 16.5. The van der Waals surface area contributed by atoms with Crippen LogP contribution in [0.4, 0.5) is 5.69 Å². The quantitative estimate of drug-likeness (QED) is 0.405. The van der Waals surface area contributed by atoms with Gasteiger partial charge in [-0.3, -0.25) is 4.99 Å². The van der Waals surface area contributed by atoms with E-state index in [1.807, 2.05) is 0 Å². The van der Waals surface area contributed by atoms with Crippen molar-refractivity contribution in [1.29, 1.82) is 0 Å². The van der Waals surface area contributed by atoms with Gasteiger partial charge >= 0.3 is 0 Å². The number of benzene rings is 1. The average molecular weight is 359 g/mol. The first kappa shape index (κ1) is 20.3. The summed E-state index contributed by atoms with van der Waals surface area (Å²) in [6.07, 6.45) is 4.26. The molecule has 0 atom stereocenters. The second-order valence-electron chi connectivity index (χ2n) is 6.54. The van der Waals surface area contributed by atoms with Crippen molar-refractivity contribution in [1.82, 2.24) is 10.6 Å². The number of guanidine groups is 1. The largest absolute Gasteiger partial charge is 0.377 e. The van der Waals surface area contributed by atoms with Crippen molar-refractivity contribution in [2.75, 3.05) is 50.8 Å². The van der Waals surface area contributed by atoms with Crippen molar-refractivity contribution in [3.8, 4) is 0 Å². The molecule has 0 amide bonds. The number of ether oxygens (including phenoxy) is 1. The minimum absolute atomic E-state index is 0.753. The Morgan fingerprint density at radius 1 is 1.27 bits per heavy atom. The molecule has 1 heterocycles. The summed E-state index contributed by atoms with van der Waals surface area (Å²) in [5.41, 5.74) is 4.04. The van der Waals surface area contributed by atoms with Gasteiger partial charge < -0.3 is 20.3 Å². The fourth-order valence-electron chi connectivity index (χ4n) is 3.05. The summed E-state index contributed by atoms with van der Waals surface area (Å²) in [5.74, 6) is 0.903. The Morgan fingerprint density at radius 3 is 2.85 bits per heavy atom. The molecule has 1 aliphatic heterocycles. The zero-order valence-electron chi connectivity index (χ0n) is 16.6. The third-order valence-corrected chi connectivity index (χ3v) is 4.53. The lowest BCUT2D eigenvalue weighted by Gasteiger charge is -2.24. The lowest BCUT2D eigenvalue weighted by molar-refractivity contribution is 0.153. The average Bonchev–Trinajstić information content (AvgIpc) is 2.66. The highest BCUT2D eigenvalue weighted by Crippen LogP contribution is 2.15. The Hall–Kier alpha value is -2.01. The second kappa shape index (κ2) is 11.6. The third-order valence-electron chi connectivity index (χ3n) is 4.53. The van der Waals surface area contributed by atoms with Crippen LogP contribution in [0.3, 0.4) is 0 Å². The van der Waals surface area contributed by atoms with Crippen LogP contribution in [0.5, 0.6) is 0 Å². The van der Waals surface area contributed by atoms with Crippen molar-refractivity contribution >= 4 is 11.6 Å². The number of aliphatic imine (C=N–C) groups is 1. The molecular formula is C21H34N4O. The lowest BCUT2D eigenvalue weighted by Crippen LogP contribution is -2.41. The molecule has 2 N–H and O–H groups in total. The van der Waals surface area contributed by atoms with E-state index < -0.39 is 0 Å². The van der Waals surface area contributed by atoms with Gasteiger partial charge in [-0.05, 0) is 51.3 Å². The molecule has 0 saturated carbocycles. The van der Waals surface area contributed by atoms with Gasteiger partial charge in [-0.2, -0.15) is 0 Å². The van der Waals surface area contributed by atoms with E-state index in [2.05, 4.69) is 66.6 Å². The summed E-state index contributed by atoms with van der Waals surface area (Å²) >= 11 is 0. The van der Waals surface area contributed by atoms with E-state index in [1.54, 1.807) is 0 Å². The van der Waals surface area contributed by atoms with Gasteiger partial charge in [0.1, 0.15) is 0 Å².